The van der Waals surface area contributed by atoms with E-state index < -0.39 is 20.9 Å². The Balaban J connectivity index is 2.35. The number of amides is 1. The molecule has 2 N–H and O–H groups in total. The minimum absolute atomic E-state index is 0.0707. The van der Waals surface area contributed by atoms with E-state index in [2.05, 4.69) is 5.32 Å². The third-order valence-corrected chi connectivity index (χ3v) is 6.74. The van der Waals surface area contributed by atoms with Gasteiger partial charge in [0.15, 0.2) is 0 Å². The smallest absolute Gasteiger partial charge is 0.478 e. The molecule has 1 amide bonds. The molecule has 1 rings (SSSR count). The lowest BCUT2D eigenvalue weighted by atomic mass is 10.1. The summed E-state index contributed by atoms with van der Waals surface area (Å²) < 4.78 is 22.4. The highest BCUT2D eigenvalue weighted by Crippen LogP contribution is 2.17. The second kappa shape index (κ2) is 12.4. The lowest BCUT2D eigenvalue weighted by Crippen LogP contribution is -2.46. The molecular formula is C18H29NO7Si. The van der Waals surface area contributed by atoms with Crippen LogP contribution in [-0.2, 0) is 24.6 Å². The number of ether oxygens (including phenoxy) is 1. The second-order valence-electron chi connectivity index (χ2n) is 5.59. The molecule has 1 aromatic rings. The number of carboxylic acids is 1. The van der Waals surface area contributed by atoms with E-state index in [1.54, 1.807) is 12.1 Å². The molecule has 0 aliphatic heterocycles. The molecule has 0 heterocycles. The molecule has 0 saturated heterocycles. The Morgan fingerprint density at radius 3 is 2.04 bits per heavy atom. The zero-order chi connectivity index (χ0) is 20.1. The number of hydrogen-bond acceptors (Lipinski definition) is 6. The van der Waals surface area contributed by atoms with Crippen LogP contribution in [0.5, 0.6) is 0 Å². The summed E-state index contributed by atoms with van der Waals surface area (Å²) in [6.45, 7) is 7.74. The van der Waals surface area contributed by atoms with E-state index in [1.165, 1.54) is 12.1 Å². The Bertz CT molecular complexity index is 563. The van der Waals surface area contributed by atoms with Gasteiger partial charge in [0.1, 0.15) is 6.61 Å². The van der Waals surface area contributed by atoms with Gasteiger partial charge in [0, 0.05) is 32.4 Å². The molecule has 0 atom stereocenters. The maximum atomic E-state index is 11.8. The van der Waals surface area contributed by atoms with Crippen LogP contribution in [0.15, 0.2) is 24.3 Å². The van der Waals surface area contributed by atoms with E-state index in [-0.39, 0.29) is 12.2 Å². The fourth-order valence-corrected chi connectivity index (χ4v) is 5.05. The normalized spacial score (nSPS) is 11.2. The van der Waals surface area contributed by atoms with Gasteiger partial charge in [0.2, 0.25) is 0 Å². The van der Waals surface area contributed by atoms with Crippen molar-refractivity contribution in [2.75, 3.05) is 26.4 Å². The first-order chi connectivity index (χ1) is 13.0. The lowest BCUT2D eigenvalue weighted by Gasteiger charge is -2.28. The monoisotopic (exact) mass is 399 g/mol. The van der Waals surface area contributed by atoms with Crippen LogP contribution in [0, 0.1) is 0 Å². The van der Waals surface area contributed by atoms with E-state index in [0.717, 1.165) is 0 Å². The van der Waals surface area contributed by atoms with Crippen molar-refractivity contribution in [2.24, 2.45) is 0 Å². The van der Waals surface area contributed by atoms with E-state index >= 15 is 0 Å². The highest BCUT2D eigenvalue weighted by Gasteiger charge is 2.39. The van der Waals surface area contributed by atoms with Crippen LogP contribution in [-0.4, -0.2) is 52.3 Å². The maximum absolute atomic E-state index is 11.8. The fourth-order valence-electron chi connectivity index (χ4n) is 2.44. The van der Waals surface area contributed by atoms with Crippen molar-refractivity contribution in [1.29, 1.82) is 0 Å². The van der Waals surface area contributed by atoms with Gasteiger partial charge < -0.3 is 28.4 Å². The van der Waals surface area contributed by atoms with Gasteiger partial charge >= 0.3 is 20.9 Å². The van der Waals surface area contributed by atoms with E-state index in [0.29, 0.717) is 44.4 Å². The molecule has 0 bridgehead atoms. The van der Waals surface area contributed by atoms with Gasteiger partial charge in [0.25, 0.3) is 0 Å². The third kappa shape index (κ3) is 8.52. The Kier molecular flexibility index (Phi) is 10.6. The van der Waals surface area contributed by atoms with E-state index in [1.807, 2.05) is 20.8 Å². The average Bonchev–Trinajstić information content (AvgIpc) is 2.64. The Morgan fingerprint density at radius 2 is 1.56 bits per heavy atom. The number of nitrogens with one attached hydrogen (secondary N) is 1. The number of hydrogen-bond donors (Lipinski definition) is 2. The molecule has 9 heteroatoms. The standard InChI is InChI=1S/C18H29NO7Si/c1-4-24-27(25-5-2,26-6-3)13-7-12-19-18(22)23-14-15-8-10-16(11-9-15)17(20)21/h8-11H,4-7,12-14H2,1-3H3,(H,19,22)(H,20,21). The molecule has 0 saturated carbocycles. The molecule has 0 fully saturated rings. The number of carbonyl (C=O) groups excluding carboxylic acids is 1. The zero-order valence-electron chi connectivity index (χ0n) is 16.2. The lowest BCUT2D eigenvalue weighted by molar-refractivity contribution is 0.0692. The highest BCUT2D eigenvalue weighted by atomic mass is 28.4. The Labute approximate surface area is 161 Å². The van der Waals surface area contributed by atoms with Crippen LogP contribution in [0.25, 0.3) is 0 Å². The first-order valence-corrected chi connectivity index (χ1v) is 11.0. The summed E-state index contributed by atoms with van der Waals surface area (Å²) in [5, 5.41) is 11.5. The molecule has 0 spiro atoms. The molecule has 1 aromatic carbocycles. The predicted octanol–water partition coefficient (Wildman–Crippen LogP) is 3.05. The number of benzene rings is 1. The number of alkyl carbamates (subject to hydrolysis) is 1. The van der Waals surface area contributed by atoms with Crippen LogP contribution in [0.2, 0.25) is 6.04 Å². The minimum Gasteiger partial charge on any atom is -0.478 e. The maximum Gasteiger partial charge on any atom is 0.500 e. The third-order valence-electron chi connectivity index (χ3n) is 3.59. The van der Waals surface area contributed by atoms with E-state index in [4.69, 9.17) is 23.1 Å². The van der Waals surface area contributed by atoms with Crippen LogP contribution in [0.1, 0.15) is 43.1 Å². The molecule has 152 valence electrons. The number of carbonyl (C=O) groups is 2. The van der Waals surface area contributed by atoms with Crippen molar-refractivity contribution in [3.8, 4) is 0 Å². The largest absolute Gasteiger partial charge is 0.500 e. The summed E-state index contributed by atoms with van der Waals surface area (Å²) >= 11 is 0. The summed E-state index contributed by atoms with van der Waals surface area (Å²) in [5.74, 6) is -0.994. The Hall–Kier alpha value is -1.94. The number of aromatic carboxylic acids is 1. The molecule has 27 heavy (non-hydrogen) atoms. The molecular weight excluding hydrogens is 370 g/mol. The first kappa shape index (κ1) is 23.1. The van der Waals surface area contributed by atoms with Gasteiger partial charge in [-0.05, 0) is 44.9 Å². The predicted molar refractivity (Wildman–Crippen MR) is 102 cm³/mol. The van der Waals surface area contributed by atoms with Gasteiger partial charge in [-0.3, -0.25) is 0 Å². The van der Waals surface area contributed by atoms with Gasteiger partial charge in [0.05, 0.1) is 5.56 Å². The summed E-state index contributed by atoms with van der Waals surface area (Å²) in [6.07, 6.45) is 0.114. The molecule has 0 aliphatic carbocycles. The van der Waals surface area contributed by atoms with E-state index in [9.17, 15) is 9.59 Å². The van der Waals surface area contributed by atoms with Crippen molar-refractivity contribution >= 4 is 20.9 Å². The van der Waals surface area contributed by atoms with Gasteiger partial charge in [-0.2, -0.15) is 0 Å². The van der Waals surface area contributed by atoms with Gasteiger partial charge in [-0.15, -0.1) is 0 Å². The van der Waals surface area contributed by atoms with Crippen molar-refractivity contribution in [3.63, 3.8) is 0 Å². The van der Waals surface area contributed by atoms with Crippen LogP contribution in [0.4, 0.5) is 4.79 Å². The van der Waals surface area contributed by atoms with Crippen LogP contribution >= 0.6 is 0 Å². The van der Waals surface area contributed by atoms with Crippen molar-refractivity contribution in [2.45, 2.75) is 39.8 Å². The second-order valence-corrected chi connectivity index (χ2v) is 8.32. The fraction of sp³-hybridized carbons (Fsp3) is 0.556. The molecule has 0 aromatic heterocycles. The van der Waals surface area contributed by atoms with Crippen LogP contribution < -0.4 is 5.32 Å². The summed E-state index contributed by atoms with van der Waals surface area (Å²) in [6, 6.07) is 6.78. The summed E-state index contributed by atoms with van der Waals surface area (Å²) in [7, 11) is -2.69. The van der Waals surface area contributed by atoms with Gasteiger partial charge in [-0.1, -0.05) is 12.1 Å². The molecule has 0 radical (unpaired) electrons. The molecule has 0 aliphatic rings. The molecule has 8 nitrogen and oxygen atoms in total. The summed E-state index contributed by atoms with van der Waals surface area (Å²) in [5.41, 5.74) is 0.902. The zero-order valence-corrected chi connectivity index (χ0v) is 17.2. The van der Waals surface area contributed by atoms with Crippen molar-refractivity contribution < 1.29 is 32.7 Å². The minimum atomic E-state index is -2.69. The SMILES string of the molecule is CCO[Si](CCCNC(=O)OCc1ccc(C(=O)O)cc1)(OCC)OCC. The van der Waals surface area contributed by atoms with Gasteiger partial charge in [-0.25, -0.2) is 9.59 Å². The molecule has 0 unspecified atom stereocenters. The van der Waals surface area contributed by atoms with Crippen molar-refractivity contribution in [3.05, 3.63) is 35.4 Å². The Morgan fingerprint density at radius 1 is 1.00 bits per heavy atom. The first-order valence-electron chi connectivity index (χ1n) is 9.11. The average molecular weight is 400 g/mol. The summed E-state index contributed by atoms with van der Waals surface area (Å²) in [4.78, 5) is 22.6. The topological polar surface area (TPSA) is 103 Å². The quantitative estimate of drug-likeness (QED) is 0.388. The highest BCUT2D eigenvalue weighted by molar-refractivity contribution is 6.60. The van der Waals surface area contributed by atoms with Crippen molar-refractivity contribution in [1.82, 2.24) is 5.32 Å². The number of rotatable bonds is 13. The van der Waals surface area contributed by atoms with Crippen LogP contribution in [0.3, 0.4) is 0 Å². The number of carboxylic acid groups (broad SMARTS) is 1.